The third kappa shape index (κ3) is 3.51. The van der Waals surface area contributed by atoms with Gasteiger partial charge in [-0.3, -0.25) is 0 Å². The number of nitrogens with zero attached hydrogens (tertiary/aromatic N) is 3. The van der Waals surface area contributed by atoms with Crippen molar-refractivity contribution in [2.45, 2.75) is 39.3 Å². The second-order valence-corrected chi connectivity index (χ2v) is 5.08. The van der Waals surface area contributed by atoms with Gasteiger partial charge in [-0.05, 0) is 19.4 Å². The third-order valence-corrected chi connectivity index (χ3v) is 3.31. The van der Waals surface area contributed by atoms with E-state index in [0.29, 0.717) is 18.7 Å². The Hall–Kier alpha value is -1.47. The van der Waals surface area contributed by atoms with Gasteiger partial charge in [0.1, 0.15) is 0 Å². The van der Waals surface area contributed by atoms with Crippen LogP contribution in [0.5, 0.6) is 0 Å². The van der Waals surface area contributed by atoms with Crippen LogP contribution in [0.25, 0.3) is 0 Å². The van der Waals surface area contributed by atoms with Crippen LogP contribution >= 0.6 is 0 Å². The van der Waals surface area contributed by atoms with Crippen LogP contribution in [0.4, 0.5) is 0 Å². The summed E-state index contributed by atoms with van der Waals surface area (Å²) in [5.41, 5.74) is 5.35. The van der Waals surface area contributed by atoms with Crippen molar-refractivity contribution in [2.24, 2.45) is 11.7 Å². The van der Waals surface area contributed by atoms with Crippen LogP contribution < -0.4 is 5.73 Å². The molecule has 108 valence electrons. The largest absolute Gasteiger partial charge is 0.464 e. The van der Waals surface area contributed by atoms with Gasteiger partial charge in [-0.25, -0.2) is 9.48 Å². The Morgan fingerprint density at radius 2 is 2.21 bits per heavy atom. The molecule has 1 aromatic rings. The minimum absolute atomic E-state index is 0.0454. The summed E-state index contributed by atoms with van der Waals surface area (Å²) in [6, 6.07) is 0. The Labute approximate surface area is 112 Å². The van der Waals surface area contributed by atoms with Gasteiger partial charge in [0.2, 0.25) is 0 Å². The van der Waals surface area contributed by atoms with Crippen molar-refractivity contribution in [1.82, 2.24) is 15.0 Å². The molecule has 7 nitrogen and oxygen atoms in total. The number of nitrogens with two attached hydrogens (primary N) is 1. The molecule has 7 heteroatoms. The number of carbonyl (C=O) groups is 1. The fourth-order valence-electron chi connectivity index (χ4n) is 1.58. The summed E-state index contributed by atoms with van der Waals surface area (Å²) in [5, 5.41) is 18.0. The first-order valence-electron chi connectivity index (χ1n) is 6.26. The highest BCUT2D eigenvalue weighted by molar-refractivity contribution is 5.88. The Morgan fingerprint density at radius 3 is 2.68 bits per heavy atom. The third-order valence-electron chi connectivity index (χ3n) is 3.31. The van der Waals surface area contributed by atoms with E-state index in [-0.39, 0.29) is 18.2 Å². The second kappa shape index (κ2) is 6.12. The maximum atomic E-state index is 11.6. The molecule has 19 heavy (non-hydrogen) atoms. The summed E-state index contributed by atoms with van der Waals surface area (Å²) >= 11 is 0. The molecule has 0 fully saturated rings. The fourth-order valence-corrected chi connectivity index (χ4v) is 1.58. The summed E-state index contributed by atoms with van der Waals surface area (Å²) in [5.74, 6) is -0.497. The van der Waals surface area contributed by atoms with Crippen molar-refractivity contribution in [1.29, 1.82) is 0 Å². The molecule has 0 aliphatic heterocycles. The van der Waals surface area contributed by atoms with E-state index in [1.54, 1.807) is 6.92 Å². The van der Waals surface area contributed by atoms with Gasteiger partial charge in [0.15, 0.2) is 5.69 Å². The van der Waals surface area contributed by atoms with E-state index in [1.807, 2.05) is 13.8 Å². The number of esters is 1. The van der Waals surface area contributed by atoms with Gasteiger partial charge in [-0.15, -0.1) is 5.10 Å². The van der Waals surface area contributed by atoms with Gasteiger partial charge in [-0.2, -0.15) is 0 Å². The second-order valence-electron chi connectivity index (χ2n) is 5.08. The predicted octanol–water partition coefficient (Wildman–Crippen LogP) is -0.0271. The summed E-state index contributed by atoms with van der Waals surface area (Å²) in [4.78, 5) is 11.6. The SMILES string of the molecule is COC(=O)c1nnn(CC(C)(O)C(C)C)c1CCN. The summed E-state index contributed by atoms with van der Waals surface area (Å²) in [6.45, 7) is 6.18. The van der Waals surface area contributed by atoms with E-state index in [2.05, 4.69) is 15.0 Å². The Morgan fingerprint density at radius 1 is 1.58 bits per heavy atom. The Kier molecular flexibility index (Phi) is 5.02. The molecule has 0 aliphatic rings. The van der Waals surface area contributed by atoms with Gasteiger partial charge in [0.05, 0.1) is 24.9 Å². The Balaban J connectivity index is 3.08. The van der Waals surface area contributed by atoms with E-state index in [9.17, 15) is 9.90 Å². The number of methoxy groups -OCH3 is 1. The van der Waals surface area contributed by atoms with Crippen molar-refractivity contribution < 1.29 is 14.6 Å². The molecular formula is C12H22N4O3. The van der Waals surface area contributed by atoms with E-state index in [0.717, 1.165) is 0 Å². The van der Waals surface area contributed by atoms with Crippen molar-refractivity contribution in [3.05, 3.63) is 11.4 Å². The highest BCUT2D eigenvalue weighted by Gasteiger charge is 2.29. The van der Waals surface area contributed by atoms with Gasteiger partial charge >= 0.3 is 5.97 Å². The summed E-state index contributed by atoms with van der Waals surface area (Å²) in [7, 11) is 1.29. The van der Waals surface area contributed by atoms with Crippen molar-refractivity contribution >= 4 is 5.97 Å². The van der Waals surface area contributed by atoms with Gasteiger partial charge < -0.3 is 15.6 Å². The summed E-state index contributed by atoms with van der Waals surface area (Å²) in [6.07, 6.45) is 0.450. The molecule has 1 heterocycles. The zero-order valence-electron chi connectivity index (χ0n) is 11.9. The average Bonchev–Trinajstić information content (AvgIpc) is 2.71. The number of hydrogen-bond donors (Lipinski definition) is 2. The first kappa shape index (κ1) is 15.6. The lowest BCUT2D eigenvalue weighted by atomic mass is 9.92. The molecule has 0 amide bonds. The highest BCUT2D eigenvalue weighted by atomic mass is 16.5. The monoisotopic (exact) mass is 270 g/mol. The Bertz CT molecular complexity index is 440. The number of ether oxygens (including phenoxy) is 1. The maximum Gasteiger partial charge on any atom is 0.360 e. The predicted molar refractivity (Wildman–Crippen MR) is 69.6 cm³/mol. The molecule has 0 spiro atoms. The lowest BCUT2D eigenvalue weighted by Gasteiger charge is -2.27. The van der Waals surface area contributed by atoms with E-state index in [4.69, 9.17) is 5.73 Å². The minimum Gasteiger partial charge on any atom is -0.464 e. The molecule has 0 saturated carbocycles. The smallest absolute Gasteiger partial charge is 0.360 e. The lowest BCUT2D eigenvalue weighted by molar-refractivity contribution is -0.00682. The van der Waals surface area contributed by atoms with E-state index < -0.39 is 11.6 Å². The minimum atomic E-state index is -0.940. The van der Waals surface area contributed by atoms with Crippen LogP contribution in [-0.2, 0) is 17.7 Å². The van der Waals surface area contributed by atoms with Crippen LogP contribution in [-0.4, -0.2) is 45.3 Å². The first-order valence-corrected chi connectivity index (χ1v) is 6.26. The van der Waals surface area contributed by atoms with E-state index in [1.165, 1.54) is 11.8 Å². The fraction of sp³-hybridized carbons (Fsp3) is 0.750. The van der Waals surface area contributed by atoms with E-state index >= 15 is 0 Å². The van der Waals surface area contributed by atoms with Crippen molar-refractivity contribution in [3.8, 4) is 0 Å². The van der Waals surface area contributed by atoms with Crippen LogP contribution in [0.3, 0.4) is 0 Å². The molecule has 0 bridgehead atoms. The van der Waals surface area contributed by atoms with Gasteiger partial charge in [0, 0.05) is 6.42 Å². The topological polar surface area (TPSA) is 103 Å². The van der Waals surface area contributed by atoms with Crippen LogP contribution in [0.2, 0.25) is 0 Å². The molecule has 1 aromatic heterocycles. The van der Waals surface area contributed by atoms with Crippen molar-refractivity contribution in [3.63, 3.8) is 0 Å². The quantitative estimate of drug-likeness (QED) is 0.704. The number of hydrogen-bond acceptors (Lipinski definition) is 6. The number of rotatable bonds is 6. The van der Waals surface area contributed by atoms with Crippen LogP contribution in [0.1, 0.15) is 37.0 Å². The number of aromatic nitrogens is 3. The van der Waals surface area contributed by atoms with Gasteiger partial charge in [-0.1, -0.05) is 19.1 Å². The molecule has 0 radical (unpaired) electrons. The van der Waals surface area contributed by atoms with Crippen LogP contribution in [0, 0.1) is 5.92 Å². The number of carbonyl (C=O) groups excluding carboxylic acids is 1. The maximum absolute atomic E-state index is 11.6. The zero-order chi connectivity index (χ0) is 14.6. The molecule has 3 N–H and O–H groups in total. The van der Waals surface area contributed by atoms with Crippen LogP contribution in [0.15, 0.2) is 0 Å². The molecule has 0 saturated heterocycles. The molecule has 1 unspecified atom stereocenters. The molecule has 1 rings (SSSR count). The lowest BCUT2D eigenvalue weighted by Crippen LogP contribution is -2.37. The molecule has 0 aliphatic carbocycles. The summed E-state index contributed by atoms with van der Waals surface area (Å²) < 4.78 is 6.18. The highest BCUT2D eigenvalue weighted by Crippen LogP contribution is 2.20. The normalized spacial score (nSPS) is 14.5. The number of aliphatic hydroxyl groups is 1. The van der Waals surface area contributed by atoms with Crippen molar-refractivity contribution in [2.75, 3.05) is 13.7 Å². The average molecular weight is 270 g/mol. The van der Waals surface area contributed by atoms with Gasteiger partial charge in [0.25, 0.3) is 0 Å². The first-order chi connectivity index (χ1) is 8.83. The zero-order valence-corrected chi connectivity index (χ0v) is 11.9. The molecule has 0 aromatic carbocycles. The molecular weight excluding hydrogens is 248 g/mol. The standard InChI is InChI=1S/C12H22N4O3/c1-8(2)12(3,18)7-16-9(5-6-13)10(14-15-16)11(17)19-4/h8,18H,5-7,13H2,1-4H3. The molecule has 1 atom stereocenters.